The first-order chi connectivity index (χ1) is 10.4. The Kier molecular flexibility index (Phi) is 5.21. The molecule has 7 heteroatoms. The number of carboxylic acid groups (broad SMARTS) is 1. The van der Waals surface area contributed by atoms with Crippen LogP contribution in [-0.4, -0.2) is 32.5 Å². The highest BCUT2D eigenvalue weighted by molar-refractivity contribution is 8.00. The first-order valence-electron chi connectivity index (χ1n) is 6.69. The lowest BCUT2D eigenvalue weighted by Crippen LogP contribution is -2.15. The second-order valence-corrected chi connectivity index (χ2v) is 5.92. The van der Waals surface area contributed by atoms with Gasteiger partial charge in [-0.2, -0.15) is 5.10 Å². The van der Waals surface area contributed by atoms with E-state index in [-0.39, 0.29) is 18.2 Å². The van der Waals surface area contributed by atoms with E-state index in [1.807, 2.05) is 26.0 Å². The molecule has 0 bridgehead atoms. The second-order valence-electron chi connectivity index (χ2n) is 4.90. The molecule has 0 aliphatic rings. The number of benzene rings is 1. The first-order valence-corrected chi connectivity index (χ1v) is 7.68. The van der Waals surface area contributed by atoms with Crippen molar-refractivity contribution >= 4 is 29.5 Å². The number of carbonyl (C=O) groups is 2. The van der Waals surface area contributed by atoms with Gasteiger partial charge in [0, 0.05) is 17.2 Å². The standard InChI is InChI=1S/C15H17N3O3S/c1-10-3-4-12(11(2)7-10)22-9-14(19)16-13-5-6-18(17-13)8-15(20)21/h3-7H,8-9H2,1-2H3,(H,20,21)(H,16,17,19). The number of aromatic nitrogens is 2. The van der Waals surface area contributed by atoms with Gasteiger partial charge in [-0.25, -0.2) is 0 Å². The van der Waals surface area contributed by atoms with Crippen molar-refractivity contribution in [3.05, 3.63) is 41.6 Å². The van der Waals surface area contributed by atoms with E-state index in [9.17, 15) is 9.59 Å². The Hall–Kier alpha value is -2.28. The van der Waals surface area contributed by atoms with Crippen molar-refractivity contribution in [2.45, 2.75) is 25.3 Å². The van der Waals surface area contributed by atoms with Gasteiger partial charge in [0.25, 0.3) is 0 Å². The lowest BCUT2D eigenvalue weighted by Gasteiger charge is -2.06. The van der Waals surface area contributed by atoms with Crippen molar-refractivity contribution in [3.8, 4) is 0 Å². The van der Waals surface area contributed by atoms with E-state index < -0.39 is 5.97 Å². The van der Waals surface area contributed by atoms with Crippen LogP contribution in [0.3, 0.4) is 0 Å². The zero-order valence-electron chi connectivity index (χ0n) is 12.4. The molecule has 0 spiro atoms. The molecule has 0 saturated heterocycles. The summed E-state index contributed by atoms with van der Waals surface area (Å²) in [6.45, 7) is 3.82. The molecule has 6 nitrogen and oxygen atoms in total. The average molecular weight is 319 g/mol. The normalized spacial score (nSPS) is 10.5. The number of aliphatic carboxylic acids is 1. The van der Waals surface area contributed by atoms with Crippen LogP contribution >= 0.6 is 11.8 Å². The Bertz CT molecular complexity index is 697. The molecule has 0 aliphatic carbocycles. The number of hydrogen-bond donors (Lipinski definition) is 2. The molecule has 2 N–H and O–H groups in total. The van der Waals surface area contributed by atoms with Gasteiger partial charge in [0.2, 0.25) is 5.91 Å². The summed E-state index contributed by atoms with van der Waals surface area (Å²) in [6, 6.07) is 7.67. The van der Waals surface area contributed by atoms with Crippen molar-refractivity contribution in [1.82, 2.24) is 9.78 Å². The Balaban J connectivity index is 1.87. The first kappa shape index (κ1) is 16.1. The van der Waals surface area contributed by atoms with Crippen LogP contribution in [0, 0.1) is 13.8 Å². The highest BCUT2D eigenvalue weighted by Gasteiger charge is 2.08. The molecule has 0 fully saturated rings. The van der Waals surface area contributed by atoms with Gasteiger partial charge in [-0.1, -0.05) is 17.7 Å². The van der Waals surface area contributed by atoms with E-state index in [0.717, 1.165) is 10.5 Å². The Morgan fingerprint density at radius 1 is 1.32 bits per heavy atom. The zero-order valence-corrected chi connectivity index (χ0v) is 13.2. The van der Waals surface area contributed by atoms with Crippen molar-refractivity contribution in [2.24, 2.45) is 0 Å². The van der Waals surface area contributed by atoms with E-state index in [4.69, 9.17) is 5.11 Å². The summed E-state index contributed by atoms with van der Waals surface area (Å²) in [5.74, 6) is -0.528. The second kappa shape index (κ2) is 7.13. The molecule has 2 rings (SSSR count). The van der Waals surface area contributed by atoms with Gasteiger partial charge >= 0.3 is 5.97 Å². The molecule has 116 valence electrons. The summed E-state index contributed by atoms with van der Waals surface area (Å²) in [5.41, 5.74) is 2.33. The highest BCUT2D eigenvalue weighted by Crippen LogP contribution is 2.23. The summed E-state index contributed by atoms with van der Waals surface area (Å²) in [6.07, 6.45) is 1.51. The molecular weight excluding hydrogens is 302 g/mol. The molecule has 1 aromatic carbocycles. The monoisotopic (exact) mass is 319 g/mol. The number of aryl methyl sites for hydroxylation is 2. The predicted octanol–water partition coefficient (Wildman–Crippen LogP) is 2.32. The Labute approximate surface area is 132 Å². The minimum Gasteiger partial charge on any atom is -0.480 e. The fraction of sp³-hybridized carbons (Fsp3) is 0.267. The van der Waals surface area contributed by atoms with E-state index >= 15 is 0 Å². The maximum absolute atomic E-state index is 11.9. The van der Waals surface area contributed by atoms with Crippen LogP contribution in [0.5, 0.6) is 0 Å². The number of anilines is 1. The van der Waals surface area contributed by atoms with Crippen LogP contribution < -0.4 is 5.32 Å². The van der Waals surface area contributed by atoms with Crippen molar-refractivity contribution in [2.75, 3.05) is 11.1 Å². The largest absolute Gasteiger partial charge is 0.480 e. The topological polar surface area (TPSA) is 84.2 Å². The summed E-state index contributed by atoms with van der Waals surface area (Å²) in [7, 11) is 0. The third kappa shape index (κ3) is 4.63. The van der Waals surface area contributed by atoms with Gasteiger partial charge in [0.15, 0.2) is 5.82 Å². The molecule has 2 aromatic rings. The number of carbonyl (C=O) groups excluding carboxylic acids is 1. The molecular formula is C15H17N3O3S. The molecule has 1 heterocycles. The van der Waals surface area contributed by atoms with Gasteiger partial charge in [-0.05, 0) is 25.5 Å². The molecule has 0 atom stereocenters. The molecule has 1 aromatic heterocycles. The van der Waals surface area contributed by atoms with E-state index in [1.54, 1.807) is 6.07 Å². The minimum atomic E-state index is -0.980. The molecule has 1 amide bonds. The van der Waals surface area contributed by atoms with Crippen molar-refractivity contribution in [1.29, 1.82) is 0 Å². The van der Waals surface area contributed by atoms with Crippen LogP contribution in [0.1, 0.15) is 11.1 Å². The van der Waals surface area contributed by atoms with Gasteiger partial charge in [-0.3, -0.25) is 14.3 Å². The SMILES string of the molecule is Cc1ccc(SCC(=O)Nc2ccn(CC(=O)O)n2)c(C)c1. The number of amides is 1. The third-order valence-corrected chi connectivity index (χ3v) is 4.07. The molecule has 0 aliphatic heterocycles. The zero-order chi connectivity index (χ0) is 16.1. The predicted molar refractivity (Wildman–Crippen MR) is 85.1 cm³/mol. The quantitative estimate of drug-likeness (QED) is 0.798. The maximum atomic E-state index is 11.9. The average Bonchev–Trinajstić information content (AvgIpc) is 2.84. The van der Waals surface area contributed by atoms with Gasteiger partial charge in [0.1, 0.15) is 6.54 Å². The smallest absolute Gasteiger partial charge is 0.325 e. The van der Waals surface area contributed by atoms with Crippen LogP contribution in [0.15, 0.2) is 35.4 Å². The van der Waals surface area contributed by atoms with Gasteiger partial charge < -0.3 is 10.4 Å². The van der Waals surface area contributed by atoms with Gasteiger partial charge in [0.05, 0.1) is 5.75 Å². The lowest BCUT2D eigenvalue weighted by atomic mass is 10.2. The fourth-order valence-corrected chi connectivity index (χ4v) is 2.75. The summed E-state index contributed by atoms with van der Waals surface area (Å²) in [4.78, 5) is 23.5. The fourth-order valence-electron chi connectivity index (χ4n) is 1.94. The van der Waals surface area contributed by atoms with E-state index in [1.165, 1.54) is 28.2 Å². The Morgan fingerprint density at radius 2 is 2.09 bits per heavy atom. The number of nitrogens with zero attached hydrogens (tertiary/aromatic N) is 2. The Morgan fingerprint density at radius 3 is 2.77 bits per heavy atom. The third-order valence-electron chi connectivity index (χ3n) is 2.89. The van der Waals surface area contributed by atoms with Gasteiger partial charge in [-0.15, -0.1) is 11.8 Å². The molecule has 22 heavy (non-hydrogen) atoms. The van der Waals surface area contributed by atoms with E-state index in [2.05, 4.69) is 16.5 Å². The molecule has 0 saturated carbocycles. The maximum Gasteiger partial charge on any atom is 0.325 e. The van der Waals surface area contributed by atoms with Crippen molar-refractivity contribution < 1.29 is 14.7 Å². The minimum absolute atomic E-state index is 0.175. The highest BCUT2D eigenvalue weighted by atomic mass is 32.2. The summed E-state index contributed by atoms with van der Waals surface area (Å²) in [5, 5.41) is 15.3. The van der Waals surface area contributed by atoms with Crippen LogP contribution in [-0.2, 0) is 16.1 Å². The number of carboxylic acids is 1. The summed E-state index contributed by atoms with van der Waals surface area (Å²) < 4.78 is 1.26. The number of thioether (sulfide) groups is 1. The lowest BCUT2D eigenvalue weighted by molar-refractivity contribution is -0.137. The van der Waals surface area contributed by atoms with Crippen LogP contribution in [0.4, 0.5) is 5.82 Å². The molecule has 0 radical (unpaired) electrons. The van der Waals surface area contributed by atoms with E-state index in [0.29, 0.717) is 5.82 Å². The van der Waals surface area contributed by atoms with Crippen LogP contribution in [0.2, 0.25) is 0 Å². The van der Waals surface area contributed by atoms with Crippen molar-refractivity contribution in [3.63, 3.8) is 0 Å². The number of hydrogen-bond acceptors (Lipinski definition) is 4. The summed E-state index contributed by atoms with van der Waals surface area (Å²) >= 11 is 1.46. The van der Waals surface area contributed by atoms with Crippen LogP contribution in [0.25, 0.3) is 0 Å². The number of nitrogens with one attached hydrogen (secondary N) is 1. The molecule has 0 unspecified atom stereocenters. The number of rotatable bonds is 6.